The maximum absolute atomic E-state index is 12.3. The minimum atomic E-state index is -3.08. The highest BCUT2D eigenvalue weighted by atomic mass is 32.2. The summed E-state index contributed by atoms with van der Waals surface area (Å²) in [5, 5.41) is 12.5. The Morgan fingerprint density at radius 3 is 2.38 bits per heavy atom. The van der Waals surface area contributed by atoms with Crippen molar-refractivity contribution in [2.45, 2.75) is 12.3 Å². The Kier molecular flexibility index (Phi) is 5.74. The van der Waals surface area contributed by atoms with Crippen LogP contribution in [-0.2, 0) is 31.7 Å². The van der Waals surface area contributed by atoms with Crippen molar-refractivity contribution < 1.29 is 23.1 Å². The molecule has 0 unspecified atom stereocenters. The maximum atomic E-state index is 12.3. The van der Waals surface area contributed by atoms with Crippen LogP contribution in [0, 0.1) is 0 Å². The van der Waals surface area contributed by atoms with E-state index < -0.39 is 27.4 Å². The Labute approximate surface area is 169 Å². The Balaban J connectivity index is 1.69. The summed E-state index contributed by atoms with van der Waals surface area (Å²) in [6.07, 6.45) is 1.20. The third-order valence-corrected chi connectivity index (χ3v) is 5.46. The van der Waals surface area contributed by atoms with Gasteiger partial charge in [0.25, 0.3) is 11.8 Å². The molecule has 0 atom stereocenters. The molecular weight excluding hydrogens is 392 g/mol. The Morgan fingerprint density at radius 2 is 1.79 bits per heavy atom. The van der Waals surface area contributed by atoms with Crippen molar-refractivity contribution in [2.75, 3.05) is 19.8 Å². The molecule has 29 heavy (non-hydrogen) atoms. The highest BCUT2D eigenvalue weighted by Crippen LogP contribution is 2.22. The van der Waals surface area contributed by atoms with Gasteiger partial charge < -0.3 is 15.3 Å². The molecule has 1 aliphatic rings. The van der Waals surface area contributed by atoms with Gasteiger partial charge in [0, 0.05) is 19.8 Å². The van der Waals surface area contributed by atoms with E-state index in [-0.39, 0.29) is 24.4 Å². The zero-order chi connectivity index (χ0) is 21.2. The SMILES string of the molecule is CN1CC(C(=O)NCc2cccc(-c3ccc(CS(C)(=O)=O)cc3)c2)=C(O)C1=O. The normalized spacial score (nSPS) is 14.4. The van der Waals surface area contributed by atoms with E-state index in [2.05, 4.69) is 5.32 Å². The molecule has 8 heteroatoms. The molecule has 0 bridgehead atoms. The van der Waals surface area contributed by atoms with E-state index in [9.17, 15) is 23.1 Å². The molecule has 0 saturated carbocycles. The average Bonchev–Trinajstić information content (AvgIpc) is 2.93. The summed E-state index contributed by atoms with van der Waals surface area (Å²) in [5.41, 5.74) is 3.51. The van der Waals surface area contributed by atoms with Gasteiger partial charge in [-0.25, -0.2) is 8.42 Å². The van der Waals surface area contributed by atoms with E-state index in [0.29, 0.717) is 0 Å². The number of carbonyl (C=O) groups excluding carboxylic acids is 2. The summed E-state index contributed by atoms with van der Waals surface area (Å²) in [6.45, 7) is 0.323. The Hall–Kier alpha value is -3.13. The zero-order valence-corrected chi connectivity index (χ0v) is 17.0. The standard InChI is InChI=1S/C21H22N2O5S/c1-23-12-18(19(24)21(23)26)20(25)22-11-15-4-3-5-17(10-15)16-8-6-14(7-9-16)13-29(2,27)28/h3-10,24H,11-13H2,1-2H3,(H,22,25). The number of aliphatic hydroxyl groups is 1. The first-order valence-electron chi connectivity index (χ1n) is 8.96. The van der Waals surface area contributed by atoms with Crippen molar-refractivity contribution in [2.24, 2.45) is 0 Å². The van der Waals surface area contributed by atoms with Crippen LogP contribution in [0.5, 0.6) is 0 Å². The molecule has 0 fully saturated rings. The number of sulfone groups is 1. The van der Waals surface area contributed by atoms with Crippen molar-refractivity contribution in [3.63, 3.8) is 0 Å². The molecule has 1 aliphatic heterocycles. The lowest BCUT2D eigenvalue weighted by Crippen LogP contribution is -2.27. The molecule has 0 aliphatic carbocycles. The van der Waals surface area contributed by atoms with E-state index >= 15 is 0 Å². The van der Waals surface area contributed by atoms with Gasteiger partial charge in [0.2, 0.25) is 0 Å². The molecule has 7 nitrogen and oxygen atoms in total. The van der Waals surface area contributed by atoms with Crippen molar-refractivity contribution in [1.82, 2.24) is 10.2 Å². The second-order valence-corrected chi connectivity index (χ2v) is 9.28. The van der Waals surface area contributed by atoms with Crippen LogP contribution in [0.4, 0.5) is 0 Å². The van der Waals surface area contributed by atoms with Crippen molar-refractivity contribution in [1.29, 1.82) is 0 Å². The van der Waals surface area contributed by atoms with Crippen LogP contribution in [0.2, 0.25) is 0 Å². The number of hydrogen-bond acceptors (Lipinski definition) is 5. The fourth-order valence-electron chi connectivity index (χ4n) is 3.12. The van der Waals surface area contributed by atoms with Crippen LogP contribution in [-0.4, -0.2) is 50.1 Å². The smallest absolute Gasteiger partial charge is 0.289 e. The third kappa shape index (κ3) is 5.03. The van der Waals surface area contributed by atoms with E-state index in [1.807, 2.05) is 36.4 Å². The van der Waals surface area contributed by atoms with Crippen molar-refractivity contribution in [3.8, 4) is 11.1 Å². The number of aliphatic hydroxyl groups excluding tert-OH is 1. The van der Waals surface area contributed by atoms with Crippen LogP contribution in [0.25, 0.3) is 11.1 Å². The summed E-state index contributed by atoms with van der Waals surface area (Å²) in [7, 11) is -1.56. The predicted molar refractivity (Wildman–Crippen MR) is 110 cm³/mol. The largest absolute Gasteiger partial charge is 0.503 e. The van der Waals surface area contributed by atoms with Gasteiger partial charge in [-0.15, -0.1) is 0 Å². The Bertz CT molecular complexity index is 1090. The molecule has 0 aromatic heterocycles. The first-order chi connectivity index (χ1) is 13.6. The summed E-state index contributed by atoms with van der Waals surface area (Å²) in [5.74, 6) is -1.54. The monoisotopic (exact) mass is 414 g/mol. The summed E-state index contributed by atoms with van der Waals surface area (Å²) in [4.78, 5) is 25.1. The van der Waals surface area contributed by atoms with Gasteiger partial charge in [-0.3, -0.25) is 9.59 Å². The lowest BCUT2D eigenvalue weighted by Gasteiger charge is -2.10. The predicted octanol–water partition coefficient (Wildman–Crippen LogP) is 1.80. The summed E-state index contributed by atoms with van der Waals surface area (Å²) < 4.78 is 22.8. The second kappa shape index (κ2) is 8.08. The molecule has 152 valence electrons. The number of rotatable bonds is 6. The highest BCUT2D eigenvalue weighted by Gasteiger charge is 2.31. The molecule has 2 N–H and O–H groups in total. The highest BCUT2D eigenvalue weighted by molar-refractivity contribution is 7.89. The van der Waals surface area contributed by atoms with Crippen LogP contribution >= 0.6 is 0 Å². The summed E-state index contributed by atoms with van der Waals surface area (Å²) >= 11 is 0. The average molecular weight is 414 g/mol. The van der Waals surface area contributed by atoms with Gasteiger partial charge in [-0.2, -0.15) is 0 Å². The molecule has 2 amide bonds. The van der Waals surface area contributed by atoms with E-state index in [0.717, 1.165) is 22.3 Å². The van der Waals surface area contributed by atoms with Crippen LogP contribution < -0.4 is 5.32 Å². The topological polar surface area (TPSA) is 104 Å². The number of benzene rings is 2. The Morgan fingerprint density at radius 1 is 1.10 bits per heavy atom. The van der Waals surface area contributed by atoms with Gasteiger partial charge in [0.1, 0.15) is 0 Å². The lowest BCUT2D eigenvalue weighted by molar-refractivity contribution is -0.126. The number of amides is 2. The fourth-order valence-corrected chi connectivity index (χ4v) is 3.92. The van der Waals surface area contributed by atoms with Gasteiger partial charge in [0.05, 0.1) is 17.9 Å². The van der Waals surface area contributed by atoms with Crippen LogP contribution in [0.3, 0.4) is 0 Å². The number of hydrogen-bond donors (Lipinski definition) is 2. The van der Waals surface area contributed by atoms with Gasteiger partial charge in [-0.05, 0) is 28.3 Å². The molecule has 1 heterocycles. The first kappa shape index (κ1) is 20.6. The lowest BCUT2D eigenvalue weighted by atomic mass is 10.0. The molecule has 3 rings (SSSR count). The molecular formula is C21H22N2O5S. The van der Waals surface area contributed by atoms with Crippen LogP contribution in [0.15, 0.2) is 59.9 Å². The minimum Gasteiger partial charge on any atom is -0.503 e. The van der Waals surface area contributed by atoms with E-state index in [1.165, 1.54) is 18.2 Å². The maximum Gasteiger partial charge on any atom is 0.289 e. The van der Waals surface area contributed by atoms with Gasteiger partial charge >= 0.3 is 0 Å². The number of nitrogens with zero attached hydrogens (tertiary/aromatic N) is 1. The minimum absolute atomic E-state index is 0.000259. The number of nitrogens with one attached hydrogen (secondary N) is 1. The zero-order valence-electron chi connectivity index (χ0n) is 16.2. The molecule has 0 radical (unpaired) electrons. The quantitative estimate of drug-likeness (QED) is 0.750. The summed E-state index contributed by atoms with van der Waals surface area (Å²) in [6, 6.07) is 14.9. The van der Waals surface area contributed by atoms with E-state index in [4.69, 9.17) is 0 Å². The number of likely N-dealkylation sites (N-methyl/N-ethyl adjacent to an activating group) is 1. The van der Waals surface area contributed by atoms with E-state index in [1.54, 1.807) is 12.1 Å². The van der Waals surface area contributed by atoms with Crippen molar-refractivity contribution in [3.05, 3.63) is 71.0 Å². The van der Waals surface area contributed by atoms with Gasteiger partial charge in [0.15, 0.2) is 15.6 Å². The first-order valence-corrected chi connectivity index (χ1v) is 11.0. The van der Waals surface area contributed by atoms with Crippen molar-refractivity contribution >= 4 is 21.7 Å². The molecule has 0 saturated heterocycles. The van der Waals surface area contributed by atoms with Crippen LogP contribution in [0.1, 0.15) is 11.1 Å². The molecule has 2 aromatic rings. The second-order valence-electron chi connectivity index (χ2n) is 7.14. The van der Waals surface area contributed by atoms with Gasteiger partial charge in [-0.1, -0.05) is 42.5 Å². The molecule has 2 aromatic carbocycles. The fraction of sp³-hybridized carbons (Fsp3) is 0.238. The number of carbonyl (C=O) groups is 2. The third-order valence-electron chi connectivity index (χ3n) is 4.60. The molecule has 0 spiro atoms.